The van der Waals surface area contributed by atoms with Crippen LogP contribution in [0.4, 0.5) is 0 Å². The largest absolute Gasteiger partial charge is 0.490 e. The van der Waals surface area contributed by atoms with E-state index in [1.165, 1.54) is 0 Å². The number of aliphatic hydroxyl groups is 1. The van der Waals surface area contributed by atoms with E-state index >= 15 is 0 Å². The van der Waals surface area contributed by atoms with Crippen LogP contribution in [-0.4, -0.2) is 11.7 Å². The Balaban J connectivity index is 2.21. The van der Waals surface area contributed by atoms with Gasteiger partial charge in [-0.1, -0.05) is 41.9 Å². The smallest absolute Gasteiger partial charge is 0.167 e. The number of hydrogen-bond donors (Lipinski definition) is 1. The molecule has 0 heterocycles. The Labute approximate surface area is 123 Å². The van der Waals surface area contributed by atoms with Gasteiger partial charge in [0.1, 0.15) is 6.61 Å². The zero-order valence-corrected chi connectivity index (χ0v) is 12.1. The van der Waals surface area contributed by atoms with Crippen LogP contribution in [-0.2, 0) is 13.2 Å². The Morgan fingerprint density at radius 3 is 2.45 bits per heavy atom. The Morgan fingerprint density at radius 2 is 1.75 bits per heavy atom. The summed E-state index contributed by atoms with van der Waals surface area (Å²) in [6.07, 6.45) is 0. The molecule has 0 saturated heterocycles. The molecule has 2 aromatic rings. The van der Waals surface area contributed by atoms with Crippen LogP contribution in [0.2, 0.25) is 5.02 Å². The molecule has 0 aliphatic carbocycles. The van der Waals surface area contributed by atoms with Crippen molar-refractivity contribution >= 4 is 11.6 Å². The summed E-state index contributed by atoms with van der Waals surface area (Å²) in [7, 11) is 0. The molecule has 3 nitrogen and oxygen atoms in total. The molecule has 2 rings (SSSR count). The van der Waals surface area contributed by atoms with E-state index in [0.29, 0.717) is 35.3 Å². The molecule has 0 unspecified atom stereocenters. The summed E-state index contributed by atoms with van der Waals surface area (Å²) in [5, 5.41) is 10.1. The first-order chi connectivity index (χ1) is 9.76. The molecule has 0 saturated carbocycles. The van der Waals surface area contributed by atoms with E-state index in [4.69, 9.17) is 21.1 Å². The Kier molecular flexibility index (Phi) is 5.27. The van der Waals surface area contributed by atoms with Crippen LogP contribution < -0.4 is 9.47 Å². The van der Waals surface area contributed by atoms with E-state index < -0.39 is 0 Å². The van der Waals surface area contributed by atoms with Crippen molar-refractivity contribution < 1.29 is 14.6 Å². The normalized spacial score (nSPS) is 10.3. The highest BCUT2D eigenvalue weighted by molar-refractivity contribution is 6.31. The highest BCUT2D eigenvalue weighted by atomic mass is 35.5. The molecular weight excluding hydrogens is 276 g/mol. The first-order valence-electron chi connectivity index (χ1n) is 6.48. The molecule has 4 heteroatoms. The second kappa shape index (κ2) is 7.17. The van der Waals surface area contributed by atoms with Crippen LogP contribution >= 0.6 is 11.6 Å². The average molecular weight is 293 g/mol. The summed E-state index contributed by atoms with van der Waals surface area (Å²) in [5.74, 6) is 1.20. The monoisotopic (exact) mass is 292 g/mol. The van der Waals surface area contributed by atoms with Gasteiger partial charge in [-0.15, -0.1) is 0 Å². The third-order valence-electron chi connectivity index (χ3n) is 2.86. The van der Waals surface area contributed by atoms with Crippen molar-refractivity contribution in [2.24, 2.45) is 0 Å². The van der Waals surface area contributed by atoms with Crippen molar-refractivity contribution in [1.29, 1.82) is 0 Å². The van der Waals surface area contributed by atoms with Crippen molar-refractivity contribution in [2.75, 3.05) is 6.61 Å². The second-order valence-electron chi connectivity index (χ2n) is 4.22. The van der Waals surface area contributed by atoms with Gasteiger partial charge in [0.2, 0.25) is 0 Å². The maximum atomic E-state index is 9.40. The van der Waals surface area contributed by atoms with Crippen molar-refractivity contribution in [3.63, 3.8) is 0 Å². The van der Waals surface area contributed by atoms with E-state index in [9.17, 15) is 5.11 Å². The fraction of sp³-hybridized carbons (Fsp3) is 0.250. The molecule has 0 amide bonds. The van der Waals surface area contributed by atoms with Crippen molar-refractivity contribution in [1.82, 2.24) is 0 Å². The van der Waals surface area contributed by atoms with Gasteiger partial charge in [0, 0.05) is 16.1 Å². The number of benzene rings is 2. The lowest BCUT2D eigenvalue weighted by atomic mass is 10.2. The topological polar surface area (TPSA) is 38.7 Å². The molecule has 106 valence electrons. The van der Waals surface area contributed by atoms with Gasteiger partial charge in [0.05, 0.1) is 13.2 Å². The van der Waals surface area contributed by atoms with Crippen molar-refractivity contribution in [2.45, 2.75) is 20.1 Å². The molecule has 0 spiro atoms. The Morgan fingerprint density at radius 1 is 1.00 bits per heavy atom. The van der Waals surface area contributed by atoms with Crippen LogP contribution in [0.3, 0.4) is 0 Å². The van der Waals surface area contributed by atoms with Gasteiger partial charge in [0.15, 0.2) is 11.5 Å². The minimum atomic E-state index is -0.0984. The Bertz CT molecular complexity index is 569. The molecule has 0 radical (unpaired) electrons. The molecular formula is C16H17ClO3. The molecule has 0 bridgehead atoms. The van der Waals surface area contributed by atoms with Crippen LogP contribution in [0.1, 0.15) is 18.1 Å². The molecule has 0 aliphatic heterocycles. The summed E-state index contributed by atoms with van der Waals surface area (Å²) < 4.78 is 11.3. The molecule has 0 aromatic heterocycles. The lowest BCUT2D eigenvalue weighted by molar-refractivity contribution is 0.243. The van der Waals surface area contributed by atoms with Gasteiger partial charge in [-0.3, -0.25) is 0 Å². The summed E-state index contributed by atoms with van der Waals surface area (Å²) >= 11 is 6.10. The number of ether oxygens (including phenoxy) is 2. The number of para-hydroxylation sites is 1. The maximum absolute atomic E-state index is 9.40. The number of halogens is 1. The number of aliphatic hydroxyl groups excluding tert-OH is 1. The SMILES string of the molecule is CCOc1cccc(CO)c1OCc1ccccc1Cl. The first-order valence-corrected chi connectivity index (χ1v) is 6.85. The van der Waals surface area contributed by atoms with Crippen LogP contribution in [0.25, 0.3) is 0 Å². The lowest BCUT2D eigenvalue weighted by Crippen LogP contribution is -2.03. The van der Waals surface area contributed by atoms with Crippen molar-refractivity contribution in [3.8, 4) is 11.5 Å². The van der Waals surface area contributed by atoms with Crippen LogP contribution in [0, 0.1) is 0 Å². The molecule has 1 N–H and O–H groups in total. The maximum Gasteiger partial charge on any atom is 0.167 e. The summed E-state index contributed by atoms with van der Waals surface area (Å²) in [5.41, 5.74) is 1.59. The van der Waals surface area contributed by atoms with Gasteiger partial charge in [-0.25, -0.2) is 0 Å². The highest BCUT2D eigenvalue weighted by Gasteiger charge is 2.11. The molecule has 0 atom stereocenters. The van der Waals surface area contributed by atoms with Gasteiger partial charge in [-0.2, -0.15) is 0 Å². The van der Waals surface area contributed by atoms with Crippen LogP contribution in [0.5, 0.6) is 11.5 Å². The average Bonchev–Trinajstić information content (AvgIpc) is 2.47. The van der Waals surface area contributed by atoms with E-state index in [-0.39, 0.29) is 6.61 Å². The molecule has 0 aliphatic rings. The minimum Gasteiger partial charge on any atom is -0.490 e. The fourth-order valence-electron chi connectivity index (χ4n) is 1.88. The zero-order valence-electron chi connectivity index (χ0n) is 11.3. The van der Waals surface area contributed by atoms with E-state index in [2.05, 4.69) is 0 Å². The minimum absolute atomic E-state index is 0.0984. The number of rotatable bonds is 6. The van der Waals surface area contributed by atoms with Gasteiger partial charge < -0.3 is 14.6 Å². The zero-order chi connectivity index (χ0) is 14.4. The highest BCUT2D eigenvalue weighted by Crippen LogP contribution is 2.32. The second-order valence-corrected chi connectivity index (χ2v) is 4.62. The lowest BCUT2D eigenvalue weighted by Gasteiger charge is -2.15. The predicted molar refractivity (Wildman–Crippen MR) is 79.3 cm³/mol. The van der Waals surface area contributed by atoms with E-state index in [1.54, 1.807) is 0 Å². The summed E-state index contributed by atoms with van der Waals surface area (Å²) in [4.78, 5) is 0. The Hall–Kier alpha value is -1.71. The first kappa shape index (κ1) is 14.7. The number of hydrogen-bond acceptors (Lipinski definition) is 3. The van der Waals surface area contributed by atoms with Crippen molar-refractivity contribution in [3.05, 3.63) is 58.6 Å². The van der Waals surface area contributed by atoms with E-state index in [0.717, 1.165) is 5.56 Å². The van der Waals surface area contributed by atoms with Crippen LogP contribution in [0.15, 0.2) is 42.5 Å². The summed E-state index contributed by atoms with van der Waals surface area (Å²) in [6.45, 7) is 2.68. The standard InChI is InChI=1S/C16H17ClO3/c1-2-19-15-9-5-7-12(10-18)16(15)20-11-13-6-3-4-8-14(13)17/h3-9,18H,2,10-11H2,1H3. The third kappa shape index (κ3) is 3.44. The van der Waals surface area contributed by atoms with Gasteiger partial charge >= 0.3 is 0 Å². The molecule has 2 aromatic carbocycles. The third-order valence-corrected chi connectivity index (χ3v) is 3.23. The fourth-order valence-corrected chi connectivity index (χ4v) is 2.07. The van der Waals surface area contributed by atoms with E-state index in [1.807, 2.05) is 49.4 Å². The molecule has 20 heavy (non-hydrogen) atoms. The summed E-state index contributed by atoms with van der Waals surface area (Å²) in [6, 6.07) is 13.0. The predicted octanol–water partition coefficient (Wildman–Crippen LogP) is 3.81. The quantitative estimate of drug-likeness (QED) is 0.880. The van der Waals surface area contributed by atoms with Gasteiger partial charge in [0.25, 0.3) is 0 Å². The van der Waals surface area contributed by atoms with Gasteiger partial charge in [-0.05, 0) is 19.1 Å². The molecule has 0 fully saturated rings.